The van der Waals surface area contributed by atoms with Gasteiger partial charge in [0.05, 0.1) is 17.6 Å². The molecule has 2 rings (SSSR count). The molecule has 6 nitrogen and oxygen atoms in total. The van der Waals surface area contributed by atoms with Crippen molar-refractivity contribution < 1.29 is 9.59 Å². The molecule has 0 bridgehead atoms. The third-order valence-electron chi connectivity index (χ3n) is 3.14. The molecule has 0 spiro atoms. The van der Waals surface area contributed by atoms with E-state index in [-0.39, 0.29) is 11.7 Å². The summed E-state index contributed by atoms with van der Waals surface area (Å²) in [4.78, 5) is 27.5. The smallest absolute Gasteiger partial charge is 0.321 e. The minimum absolute atomic E-state index is 0.138. The second-order valence-corrected chi connectivity index (χ2v) is 5.89. The van der Waals surface area contributed by atoms with Crippen LogP contribution in [0.1, 0.15) is 13.3 Å². The lowest BCUT2D eigenvalue weighted by Crippen LogP contribution is -2.40. The molecule has 0 radical (unpaired) electrons. The summed E-state index contributed by atoms with van der Waals surface area (Å²) < 4.78 is 1.93. The molecule has 0 atom stereocenters. The molecule has 1 aromatic carbocycles. The van der Waals surface area contributed by atoms with Crippen molar-refractivity contribution in [2.24, 2.45) is 7.05 Å². The summed E-state index contributed by atoms with van der Waals surface area (Å²) in [7, 11) is 1.91. The molecular weight excluding hydrogens is 312 g/mol. The van der Waals surface area contributed by atoms with E-state index in [2.05, 4.69) is 15.6 Å². The highest BCUT2D eigenvalue weighted by atomic mass is 32.2. The summed E-state index contributed by atoms with van der Waals surface area (Å²) in [5.41, 5.74) is 2.05. The number of imide groups is 1. The summed E-state index contributed by atoms with van der Waals surface area (Å²) in [6.07, 6.45) is 2.61. The second kappa shape index (κ2) is 8.38. The molecule has 2 aromatic rings. The Labute approximate surface area is 139 Å². The Hall–Kier alpha value is -2.28. The lowest BCUT2D eigenvalue weighted by molar-refractivity contribution is -0.117. The van der Waals surface area contributed by atoms with Crippen LogP contribution in [0.2, 0.25) is 0 Å². The Morgan fingerprint density at radius 3 is 2.70 bits per heavy atom. The van der Waals surface area contributed by atoms with Gasteiger partial charge in [0.2, 0.25) is 5.91 Å². The molecule has 0 fully saturated rings. The molecule has 3 amide bonds. The van der Waals surface area contributed by atoms with Crippen molar-refractivity contribution in [3.8, 4) is 11.3 Å². The van der Waals surface area contributed by atoms with Crippen molar-refractivity contribution in [1.29, 1.82) is 0 Å². The van der Waals surface area contributed by atoms with Crippen molar-refractivity contribution in [3.63, 3.8) is 0 Å². The first-order chi connectivity index (χ1) is 11.1. The van der Waals surface area contributed by atoms with E-state index in [4.69, 9.17) is 0 Å². The number of urea groups is 1. The Kier molecular flexibility index (Phi) is 6.22. The number of thioether (sulfide) groups is 1. The van der Waals surface area contributed by atoms with Gasteiger partial charge in [-0.3, -0.25) is 10.1 Å². The van der Waals surface area contributed by atoms with Gasteiger partial charge in [0, 0.05) is 13.6 Å². The van der Waals surface area contributed by atoms with Gasteiger partial charge in [-0.05, 0) is 12.0 Å². The minimum atomic E-state index is -0.456. The molecule has 0 saturated heterocycles. The van der Waals surface area contributed by atoms with Gasteiger partial charge >= 0.3 is 6.03 Å². The van der Waals surface area contributed by atoms with Crippen LogP contribution >= 0.6 is 11.8 Å². The molecule has 23 heavy (non-hydrogen) atoms. The van der Waals surface area contributed by atoms with Gasteiger partial charge in [0.15, 0.2) is 5.16 Å². The zero-order valence-electron chi connectivity index (χ0n) is 13.2. The molecule has 0 unspecified atom stereocenters. The molecule has 7 heteroatoms. The third kappa shape index (κ3) is 4.85. The molecule has 122 valence electrons. The summed E-state index contributed by atoms with van der Waals surface area (Å²) in [6, 6.07) is 9.47. The maximum absolute atomic E-state index is 11.7. The predicted octanol–water partition coefficient (Wildman–Crippen LogP) is 2.42. The molecule has 0 aliphatic rings. The van der Waals surface area contributed by atoms with Crippen molar-refractivity contribution in [2.45, 2.75) is 18.5 Å². The number of carbonyl (C=O) groups is 2. The molecule has 0 aliphatic heterocycles. The van der Waals surface area contributed by atoms with Crippen LogP contribution in [-0.2, 0) is 11.8 Å². The van der Waals surface area contributed by atoms with Gasteiger partial charge < -0.3 is 9.88 Å². The lowest BCUT2D eigenvalue weighted by atomic mass is 10.2. The van der Waals surface area contributed by atoms with Crippen LogP contribution in [0.3, 0.4) is 0 Å². The number of nitrogens with zero attached hydrogens (tertiary/aromatic N) is 2. The number of hydrogen-bond acceptors (Lipinski definition) is 4. The van der Waals surface area contributed by atoms with E-state index in [0.717, 1.165) is 22.8 Å². The first-order valence-corrected chi connectivity index (χ1v) is 8.38. The van der Waals surface area contributed by atoms with Gasteiger partial charge in [-0.15, -0.1) is 0 Å². The largest absolute Gasteiger partial charge is 0.338 e. The second-order valence-electron chi connectivity index (χ2n) is 4.94. The Morgan fingerprint density at radius 1 is 1.26 bits per heavy atom. The quantitative estimate of drug-likeness (QED) is 0.797. The highest BCUT2D eigenvalue weighted by Gasteiger charge is 2.12. The number of imidazole rings is 1. The number of nitrogens with one attached hydrogen (secondary N) is 2. The minimum Gasteiger partial charge on any atom is -0.338 e. The van der Waals surface area contributed by atoms with Gasteiger partial charge in [0.1, 0.15) is 0 Å². The first-order valence-electron chi connectivity index (χ1n) is 7.39. The summed E-state index contributed by atoms with van der Waals surface area (Å²) in [5.74, 6) is -0.202. The zero-order chi connectivity index (χ0) is 16.7. The maximum Gasteiger partial charge on any atom is 0.321 e. The van der Waals surface area contributed by atoms with Crippen LogP contribution in [0.5, 0.6) is 0 Å². The maximum atomic E-state index is 11.7. The van der Waals surface area contributed by atoms with Crippen molar-refractivity contribution in [1.82, 2.24) is 20.2 Å². The number of benzene rings is 1. The van der Waals surface area contributed by atoms with Gasteiger partial charge in [-0.25, -0.2) is 9.78 Å². The third-order valence-corrected chi connectivity index (χ3v) is 4.18. The van der Waals surface area contributed by atoms with E-state index in [1.165, 1.54) is 11.8 Å². The molecule has 2 N–H and O–H groups in total. The molecular formula is C16H20N4O2S. The molecule has 1 aromatic heterocycles. The van der Waals surface area contributed by atoms with Crippen LogP contribution in [0.15, 0.2) is 41.7 Å². The SMILES string of the molecule is CCCNC(=O)NC(=O)CSc1ncc(-c2ccccc2)n1C. The number of hydrogen-bond donors (Lipinski definition) is 2. The van der Waals surface area contributed by atoms with Crippen molar-refractivity contribution in [2.75, 3.05) is 12.3 Å². The first kappa shape index (κ1) is 17.1. The van der Waals surface area contributed by atoms with Gasteiger partial charge in [-0.2, -0.15) is 0 Å². The fraction of sp³-hybridized carbons (Fsp3) is 0.312. The van der Waals surface area contributed by atoms with E-state index < -0.39 is 6.03 Å². The average Bonchev–Trinajstić information content (AvgIpc) is 2.92. The fourth-order valence-corrected chi connectivity index (χ4v) is 2.73. The topological polar surface area (TPSA) is 76.0 Å². The van der Waals surface area contributed by atoms with Gasteiger partial charge in [0.25, 0.3) is 0 Å². The summed E-state index contributed by atoms with van der Waals surface area (Å²) in [6.45, 7) is 2.50. The van der Waals surface area contributed by atoms with Crippen LogP contribution in [0, 0.1) is 0 Å². The molecule has 1 heterocycles. The van der Waals surface area contributed by atoms with E-state index in [0.29, 0.717) is 6.54 Å². The highest BCUT2D eigenvalue weighted by molar-refractivity contribution is 7.99. The number of carbonyl (C=O) groups excluding carboxylic acids is 2. The van der Waals surface area contributed by atoms with Crippen LogP contribution < -0.4 is 10.6 Å². The van der Waals surface area contributed by atoms with Crippen LogP contribution in [0.4, 0.5) is 4.79 Å². The standard InChI is InChI=1S/C16H20N4O2S/c1-3-9-17-15(22)19-14(21)11-23-16-18-10-13(20(16)2)12-7-5-4-6-8-12/h4-8,10H,3,9,11H2,1-2H3,(H2,17,19,21,22). The Morgan fingerprint density at radius 2 is 2.00 bits per heavy atom. The van der Waals surface area contributed by atoms with Gasteiger partial charge in [-0.1, -0.05) is 49.0 Å². The predicted molar refractivity (Wildman–Crippen MR) is 91.2 cm³/mol. The Balaban J connectivity index is 1.91. The van der Waals surface area contributed by atoms with E-state index in [1.807, 2.05) is 48.9 Å². The number of rotatable bonds is 6. The van der Waals surface area contributed by atoms with Crippen LogP contribution in [0.25, 0.3) is 11.3 Å². The fourth-order valence-electron chi connectivity index (χ4n) is 1.98. The molecule has 0 aliphatic carbocycles. The Bertz CT molecular complexity index is 670. The van der Waals surface area contributed by atoms with E-state index >= 15 is 0 Å². The molecule has 0 saturated carbocycles. The normalized spacial score (nSPS) is 10.3. The van der Waals surface area contributed by atoms with E-state index in [1.54, 1.807) is 6.20 Å². The van der Waals surface area contributed by atoms with Crippen LogP contribution in [-0.4, -0.2) is 33.8 Å². The highest BCUT2D eigenvalue weighted by Crippen LogP contribution is 2.24. The zero-order valence-corrected chi connectivity index (χ0v) is 14.0. The summed E-state index contributed by atoms with van der Waals surface area (Å²) >= 11 is 1.30. The summed E-state index contributed by atoms with van der Waals surface area (Å²) in [5, 5.41) is 5.62. The van der Waals surface area contributed by atoms with Crippen molar-refractivity contribution in [3.05, 3.63) is 36.5 Å². The lowest BCUT2D eigenvalue weighted by Gasteiger charge is -2.07. The van der Waals surface area contributed by atoms with E-state index in [9.17, 15) is 9.59 Å². The van der Waals surface area contributed by atoms with Crippen molar-refractivity contribution >= 4 is 23.7 Å². The average molecular weight is 332 g/mol. The monoisotopic (exact) mass is 332 g/mol. The number of aromatic nitrogens is 2. The number of amides is 3.